The molecule has 11 heteroatoms. The second kappa shape index (κ2) is 11.2. The van der Waals surface area contributed by atoms with Gasteiger partial charge in [-0.1, -0.05) is 29.8 Å². The number of fused-ring (bicyclic) bond motifs is 1. The largest absolute Gasteiger partial charge is 0.496 e. The number of methoxy groups -OCH3 is 1. The third kappa shape index (κ3) is 5.09. The maximum absolute atomic E-state index is 16.0. The molecule has 0 unspecified atom stereocenters. The van der Waals surface area contributed by atoms with Crippen LogP contribution in [-0.4, -0.2) is 59.6 Å². The first-order chi connectivity index (χ1) is 20.5. The molecule has 4 atom stereocenters. The van der Waals surface area contributed by atoms with Crippen LogP contribution < -0.4 is 15.0 Å². The van der Waals surface area contributed by atoms with Crippen molar-refractivity contribution in [2.75, 3.05) is 30.4 Å². The molecule has 1 aliphatic carbocycles. The Bertz CT molecular complexity index is 1630. The zero-order chi connectivity index (χ0) is 30.6. The number of halogens is 3. The summed E-state index contributed by atoms with van der Waals surface area (Å²) in [5.74, 6) is -3.35. The summed E-state index contributed by atoms with van der Waals surface area (Å²) in [4.78, 5) is 44.2. The number of rotatable bonds is 8. The molecule has 1 saturated carbocycles. The standard InChI is InChI=1S/C32H30BrClFN3O5/c1-32(31(42)36-19-6-3-5-18(34)13-19)27(22-7-4-8-23(33)28(22)35)26-24(38(32)15-17-9-10-17)16-37(29(26)39)20-11-12-21(30(40)41)25(14-20)43-2/h3-8,11-14,17,24,26-27H,9-10,15-16H2,1-2H3,(H,36,42)(H,40,41)/t24-,26+,27-,32+/m0/s1. The van der Waals surface area contributed by atoms with Gasteiger partial charge in [-0.15, -0.1) is 0 Å². The molecule has 224 valence electrons. The summed E-state index contributed by atoms with van der Waals surface area (Å²) in [5.41, 5.74) is -0.0392. The van der Waals surface area contributed by atoms with Crippen molar-refractivity contribution in [3.05, 3.63) is 87.1 Å². The number of carboxylic acids is 1. The molecule has 3 aromatic rings. The molecular formula is C32H30BrClFN3O5. The Labute approximate surface area is 261 Å². The number of amides is 2. The monoisotopic (exact) mass is 669 g/mol. The molecule has 6 rings (SSSR count). The molecule has 0 bridgehead atoms. The molecule has 3 aliphatic rings. The minimum atomic E-state index is -1.28. The number of aromatic carboxylic acids is 1. The Hall–Kier alpha value is -3.47. The van der Waals surface area contributed by atoms with Gasteiger partial charge in [-0.05, 0) is 83.6 Å². The number of nitrogens with one attached hydrogen (secondary N) is 1. The normalized spacial score (nSPS) is 25.1. The first kappa shape index (κ1) is 29.6. The van der Waals surface area contributed by atoms with E-state index in [0.717, 1.165) is 12.8 Å². The fraction of sp³-hybridized carbons (Fsp3) is 0.344. The Morgan fingerprint density at radius 1 is 1.16 bits per heavy atom. The summed E-state index contributed by atoms with van der Waals surface area (Å²) in [6.45, 7) is 2.63. The van der Waals surface area contributed by atoms with E-state index in [2.05, 4.69) is 26.1 Å². The lowest BCUT2D eigenvalue weighted by atomic mass is 9.74. The maximum atomic E-state index is 16.0. The molecule has 8 nitrogen and oxygen atoms in total. The van der Waals surface area contributed by atoms with Crippen molar-refractivity contribution in [2.45, 2.75) is 37.3 Å². The zero-order valence-electron chi connectivity index (χ0n) is 23.5. The minimum absolute atomic E-state index is 0.0206. The second-order valence-corrected chi connectivity index (χ2v) is 12.9. The number of likely N-dealkylation sites (tertiary alicyclic amines) is 1. The van der Waals surface area contributed by atoms with Crippen molar-refractivity contribution < 1.29 is 28.6 Å². The number of hydrogen-bond donors (Lipinski definition) is 2. The number of anilines is 2. The van der Waals surface area contributed by atoms with E-state index in [0.29, 0.717) is 28.9 Å². The number of carboxylic acid groups (broad SMARTS) is 1. The summed E-state index contributed by atoms with van der Waals surface area (Å²) in [6, 6.07) is 15.9. The van der Waals surface area contributed by atoms with Crippen LogP contribution in [0.2, 0.25) is 5.02 Å². The highest BCUT2D eigenvalue weighted by molar-refractivity contribution is 9.10. The zero-order valence-corrected chi connectivity index (χ0v) is 25.9. The first-order valence-electron chi connectivity index (χ1n) is 14.0. The number of benzene rings is 3. The highest BCUT2D eigenvalue weighted by atomic mass is 79.9. The minimum Gasteiger partial charge on any atom is -0.496 e. The van der Waals surface area contributed by atoms with Gasteiger partial charge in [-0.3, -0.25) is 14.5 Å². The molecule has 0 aromatic heterocycles. The number of carbonyl (C=O) groups is 3. The molecule has 3 aromatic carbocycles. The van der Waals surface area contributed by atoms with E-state index in [9.17, 15) is 19.5 Å². The molecule has 2 aliphatic heterocycles. The van der Waals surface area contributed by atoms with Crippen molar-refractivity contribution >= 4 is 56.7 Å². The smallest absolute Gasteiger partial charge is 0.339 e. The van der Waals surface area contributed by atoms with Gasteiger partial charge in [0.25, 0.3) is 0 Å². The summed E-state index contributed by atoms with van der Waals surface area (Å²) >= 11 is 9.51. The second-order valence-electron chi connectivity index (χ2n) is 11.6. The Morgan fingerprint density at radius 2 is 1.91 bits per heavy atom. The van der Waals surface area contributed by atoms with Crippen LogP contribution in [0.15, 0.2) is 65.1 Å². The molecule has 0 spiro atoms. The van der Waals surface area contributed by atoms with Gasteiger partial charge in [0.05, 0.1) is 17.5 Å². The van der Waals surface area contributed by atoms with Gasteiger partial charge in [0.1, 0.15) is 22.7 Å². The van der Waals surface area contributed by atoms with E-state index in [1.54, 1.807) is 60.4 Å². The van der Waals surface area contributed by atoms with Gasteiger partial charge < -0.3 is 20.1 Å². The van der Waals surface area contributed by atoms with Gasteiger partial charge >= 0.3 is 5.97 Å². The molecular weight excluding hydrogens is 641 g/mol. The van der Waals surface area contributed by atoms with Crippen LogP contribution in [0.3, 0.4) is 0 Å². The average molecular weight is 671 g/mol. The third-order valence-electron chi connectivity index (χ3n) is 9.03. The lowest BCUT2D eigenvalue weighted by Gasteiger charge is -2.41. The van der Waals surface area contributed by atoms with Crippen LogP contribution >= 0.6 is 27.5 Å². The number of hydrogen-bond acceptors (Lipinski definition) is 5. The first-order valence-corrected chi connectivity index (χ1v) is 15.2. The lowest BCUT2D eigenvalue weighted by Crippen LogP contribution is -2.57. The van der Waals surface area contributed by atoms with Crippen molar-refractivity contribution in [2.24, 2.45) is 11.8 Å². The maximum Gasteiger partial charge on any atom is 0.339 e. The highest BCUT2D eigenvalue weighted by Crippen LogP contribution is 2.55. The van der Waals surface area contributed by atoms with Crippen LogP contribution in [0.1, 0.15) is 41.6 Å². The van der Waals surface area contributed by atoms with Gasteiger partial charge in [0.15, 0.2) is 0 Å². The molecule has 0 radical (unpaired) electrons. The highest BCUT2D eigenvalue weighted by Gasteiger charge is 2.66. The van der Waals surface area contributed by atoms with Crippen LogP contribution in [0.25, 0.3) is 0 Å². The fourth-order valence-corrected chi connectivity index (χ4v) is 7.35. The van der Waals surface area contributed by atoms with Crippen molar-refractivity contribution in [1.29, 1.82) is 0 Å². The Balaban J connectivity index is 1.47. The third-order valence-corrected chi connectivity index (χ3v) is 9.88. The number of carbonyl (C=O) groups excluding carboxylic acids is 2. The number of ether oxygens (including phenoxy) is 1. The number of nitrogens with zero attached hydrogens (tertiary/aromatic N) is 2. The molecule has 2 amide bonds. The van der Waals surface area contributed by atoms with Crippen LogP contribution in [0, 0.1) is 17.7 Å². The van der Waals surface area contributed by atoms with Crippen LogP contribution in [0.4, 0.5) is 15.8 Å². The quantitative estimate of drug-likeness (QED) is 0.297. The summed E-state index contributed by atoms with van der Waals surface area (Å²) < 4.78 is 21.5. The fourth-order valence-electron chi connectivity index (χ4n) is 6.78. The SMILES string of the molecule is COc1cc(N2C[C@H]3[C@@H](C2=O)[C@H](c2cccc(Br)c2F)[C@](C)(C(=O)Nc2cccc(Cl)c2)N3CC2CC2)ccc1C(=O)O. The lowest BCUT2D eigenvalue weighted by molar-refractivity contribution is -0.127. The van der Waals surface area contributed by atoms with Crippen molar-refractivity contribution in [1.82, 2.24) is 4.90 Å². The topological polar surface area (TPSA) is 99.2 Å². The summed E-state index contributed by atoms with van der Waals surface area (Å²) in [6.07, 6.45) is 2.03. The Kier molecular flexibility index (Phi) is 7.73. The van der Waals surface area contributed by atoms with Gasteiger partial charge in [-0.25, -0.2) is 9.18 Å². The predicted molar refractivity (Wildman–Crippen MR) is 164 cm³/mol. The van der Waals surface area contributed by atoms with E-state index in [-0.39, 0.29) is 39.7 Å². The summed E-state index contributed by atoms with van der Waals surface area (Å²) in [5, 5.41) is 13.0. The van der Waals surface area contributed by atoms with Gasteiger partial charge in [0, 0.05) is 47.5 Å². The molecule has 3 fully saturated rings. The summed E-state index contributed by atoms with van der Waals surface area (Å²) in [7, 11) is 1.37. The van der Waals surface area contributed by atoms with E-state index in [1.807, 2.05) is 0 Å². The predicted octanol–water partition coefficient (Wildman–Crippen LogP) is 6.19. The van der Waals surface area contributed by atoms with Gasteiger partial charge in [0.2, 0.25) is 11.8 Å². The van der Waals surface area contributed by atoms with Crippen molar-refractivity contribution in [3.63, 3.8) is 0 Å². The van der Waals surface area contributed by atoms with Crippen LogP contribution in [0.5, 0.6) is 5.75 Å². The van der Waals surface area contributed by atoms with E-state index >= 15 is 4.39 Å². The van der Waals surface area contributed by atoms with Crippen LogP contribution in [-0.2, 0) is 9.59 Å². The Morgan fingerprint density at radius 3 is 2.58 bits per heavy atom. The average Bonchev–Trinajstić information content (AvgIpc) is 3.70. The van der Waals surface area contributed by atoms with E-state index < -0.39 is 35.2 Å². The van der Waals surface area contributed by atoms with E-state index in [1.165, 1.54) is 19.2 Å². The molecule has 43 heavy (non-hydrogen) atoms. The van der Waals surface area contributed by atoms with Crippen molar-refractivity contribution in [3.8, 4) is 5.75 Å². The molecule has 2 heterocycles. The molecule has 2 N–H and O–H groups in total. The molecule has 2 saturated heterocycles. The van der Waals surface area contributed by atoms with E-state index in [4.69, 9.17) is 16.3 Å². The van der Waals surface area contributed by atoms with Gasteiger partial charge in [-0.2, -0.15) is 0 Å².